The van der Waals surface area contributed by atoms with Crippen LogP contribution in [0.3, 0.4) is 0 Å². The molecule has 104 valence electrons. The van der Waals surface area contributed by atoms with Crippen LogP contribution in [-0.4, -0.2) is 36.3 Å². The van der Waals surface area contributed by atoms with Crippen molar-refractivity contribution in [2.45, 2.75) is 39.3 Å². The summed E-state index contributed by atoms with van der Waals surface area (Å²) < 4.78 is 0. The zero-order chi connectivity index (χ0) is 14.3. The van der Waals surface area contributed by atoms with E-state index in [4.69, 9.17) is 11.5 Å². The summed E-state index contributed by atoms with van der Waals surface area (Å²) in [4.78, 5) is 34.0. The van der Waals surface area contributed by atoms with Gasteiger partial charge in [0.2, 0.25) is 17.7 Å². The molecule has 3 unspecified atom stereocenters. The topological polar surface area (TPSA) is 127 Å². The lowest BCUT2D eigenvalue weighted by molar-refractivity contribution is -0.131. The first-order chi connectivity index (χ1) is 8.33. The first kappa shape index (κ1) is 16.4. The van der Waals surface area contributed by atoms with Crippen molar-refractivity contribution in [3.63, 3.8) is 0 Å². The summed E-state index contributed by atoms with van der Waals surface area (Å²) in [5.74, 6) is -1.54. The first-order valence-electron chi connectivity index (χ1n) is 5.92. The van der Waals surface area contributed by atoms with Gasteiger partial charge in [0.15, 0.2) is 0 Å². The Balaban J connectivity index is 4.50. The summed E-state index contributed by atoms with van der Waals surface area (Å²) in [6.07, 6.45) is 0.706. The Morgan fingerprint density at radius 3 is 2.11 bits per heavy atom. The predicted molar refractivity (Wildman–Crippen MR) is 67.2 cm³/mol. The van der Waals surface area contributed by atoms with Gasteiger partial charge in [-0.25, -0.2) is 0 Å². The summed E-state index contributed by atoms with van der Waals surface area (Å²) in [6, 6.07) is -1.49. The van der Waals surface area contributed by atoms with E-state index in [0.717, 1.165) is 0 Å². The van der Waals surface area contributed by atoms with Crippen molar-refractivity contribution in [3.8, 4) is 0 Å². The molecule has 0 aromatic rings. The molecule has 3 atom stereocenters. The zero-order valence-electron chi connectivity index (χ0n) is 11.0. The van der Waals surface area contributed by atoms with Crippen LogP contribution in [0, 0.1) is 5.92 Å². The summed E-state index contributed by atoms with van der Waals surface area (Å²) in [7, 11) is 0. The standard InChI is InChI=1S/C11H22N4O3/c1-4-6(2)9(10(13)17)15-11(18)7(3)14-8(16)5-12/h6-7,9H,4-5,12H2,1-3H3,(H2,13,17)(H,14,16)(H,15,18). The fourth-order valence-electron chi connectivity index (χ4n) is 1.37. The maximum absolute atomic E-state index is 11.8. The Morgan fingerprint density at radius 2 is 1.72 bits per heavy atom. The molecule has 0 aromatic heterocycles. The molecule has 0 heterocycles. The molecule has 0 aliphatic heterocycles. The minimum absolute atomic E-state index is 0.0659. The van der Waals surface area contributed by atoms with Gasteiger partial charge in [-0.15, -0.1) is 0 Å². The van der Waals surface area contributed by atoms with Gasteiger partial charge in [0.25, 0.3) is 0 Å². The number of carbonyl (C=O) groups excluding carboxylic acids is 3. The van der Waals surface area contributed by atoms with Crippen LogP contribution >= 0.6 is 0 Å². The van der Waals surface area contributed by atoms with Gasteiger partial charge in [-0.05, 0) is 12.8 Å². The number of primary amides is 1. The number of hydrogen-bond acceptors (Lipinski definition) is 4. The fourth-order valence-corrected chi connectivity index (χ4v) is 1.37. The molecule has 0 fully saturated rings. The van der Waals surface area contributed by atoms with E-state index in [9.17, 15) is 14.4 Å². The van der Waals surface area contributed by atoms with Crippen LogP contribution in [-0.2, 0) is 14.4 Å². The number of nitrogens with one attached hydrogen (secondary N) is 2. The second kappa shape index (κ2) is 7.65. The van der Waals surface area contributed by atoms with E-state index in [1.807, 2.05) is 13.8 Å². The SMILES string of the molecule is CCC(C)C(NC(=O)C(C)NC(=O)CN)C(N)=O. The van der Waals surface area contributed by atoms with Crippen LogP contribution in [0.5, 0.6) is 0 Å². The first-order valence-corrected chi connectivity index (χ1v) is 5.92. The highest BCUT2D eigenvalue weighted by atomic mass is 16.2. The normalized spacial score (nSPS) is 15.3. The summed E-state index contributed by atoms with van der Waals surface area (Å²) in [5, 5.41) is 4.93. The average molecular weight is 258 g/mol. The van der Waals surface area contributed by atoms with Crippen molar-refractivity contribution >= 4 is 17.7 Å². The van der Waals surface area contributed by atoms with Crippen molar-refractivity contribution in [2.24, 2.45) is 17.4 Å². The number of rotatable bonds is 7. The van der Waals surface area contributed by atoms with Crippen LogP contribution in [0.15, 0.2) is 0 Å². The third-order valence-electron chi connectivity index (χ3n) is 2.77. The van der Waals surface area contributed by atoms with Gasteiger partial charge in [0.1, 0.15) is 12.1 Å². The van der Waals surface area contributed by atoms with Crippen LogP contribution in [0.1, 0.15) is 27.2 Å². The maximum atomic E-state index is 11.8. The molecule has 0 bridgehead atoms. The van der Waals surface area contributed by atoms with E-state index in [2.05, 4.69) is 10.6 Å². The zero-order valence-corrected chi connectivity index (χ0v) is 11.0. The number of nitrogens with two attached hydrogens (primary N) is 2. The van der Waals surface area contributed by atoms with E-state index < -0.39 is 29.8 Å². The lowest BCUT2D eigenvalue weighted by Gasteiger charge is -2.23. The quantitative estimate of drug-likeness (QED) is 0.441. The van der Waals surface area contributed by atoms with Crippen molar-refractivity contribution in [3.05, 3.63) is 0 Å². The molecule has 0 spiro atoms. The van der Waals surface area contributed by atoms with E-state index in [1.165, 1.54) is 6.92 Å². The lowest BCUT2D eigenvalue weighted by atomic mass is 9.98. The number of carbonyl (C=O) groups is 3. The highest BCUT2D eigenvalue weighted by Gasteiger charge is 2.26. The van der Waals surface area contributed by atoms with Gasteiger partial charge in [-0.3, -0.25) is 14.4 Å². The molecular formula is C11H22N4O3. The van der Waals surface area contributed by atoms with Gasteiger partial charge in [0, 0.05) is 0 Å². The molecule has 18 heavy (non-hydrogen) atoms. The van der Waals surface area contributed by atoms with Gasteiger partial charge in [-0.2, -0.15) is 0 Å². The van der Waals surface area contributed by atoms with Crippen LogP contribution in [0.25, 0.3) is 0 Å². The molecule has 0 aliphatic rings. The minimum atomic E-state index is -0.757. The smallest absolute Gasteiger partial charge is 0.242 e. The Morgan fingerprint density at radius 1 is 1.17 bits per heavy atom. The molecule has 7 heteroatoms. The van der Waals surface area contributed by atoms with Crippen molar-refractivity contribution in [1.29, 1.82) is 0 Å². The molecular weight excluding hydrogens is 236 g/mol. The Hall–Kier alpha value is -1.63. The minimum Gasteiger partial charge on any atom is -0.368 e. The molecule has 0 radical (unpaired) electrons. The molecule has 0 aliphatic carbocycles. The number of amides is 3. The molecule has 0 saturated heterocycles. The van der Waals surface area contributed by atoms with E-state index in [1.54, 1.807) is 0 Å². The second-order valence-corrected chi connectivity index (χ2v) is 4.27. The van der Waals surface area contributed by atoms with E-state index in [-0.39, 0.29) is 12.5 Å². The average Bonchev–Trinajstić information content (AvgIpc) is 2.33. The molecule has 0 rings (SSSR count). The Labute approximate surface area is 107 Å². The largest absolute Gasteiger partial charge is 0.368 e. The van der Waals surface area contributed by atoms with Gasteiger partial charge in [0.05, 0.1) is 6.54 Å². The third kappa shape index (κ3) is 5.13. The van der Waals surface area contributed by atoms with Crippen molar-refractivity contribution < 1.29 is 14.4 Å². The van der Waals surface area contributed by atoms with Crippen LogP contribution in [0.2, 0.25) is 0 Å². The molecule has 6 N–H and O–H groups in total. The fraction of sp³-hybridized carbons (Fsp3) is 0.727. The maximum Gasteiger partial charge on any atom is 0.242 e. The Bertz CT molecular complexity index is 319. The van der Waals surface area contributed by atoms with Gasteiger partial charge >= 0.3 is 0 Å². The highest BCUT2D eigenvalue weighted by molar-refractivity contribution is 5.91. The summed E-state index contributed by atoms with van der Waals surface area (Å²) in [5.41, 5.74) is 10.3. The summed E-state index contributed by atoms with van der Waals surface area (Å²) >= 11 is 0. The second-order valence-electron chi connectivity index (χ2n) is 4.27. The molecule has 0 saturated carbocycles. The summed E-state index contributed by atoms with van der Waals surface area (Å²) in [6.45, 7) is 5.03. The third-order valence-corrected chi connectivity index (χ3v) is 2.77. The van der Waals surface area contributed by atoms with Gasteiger partial charge < -0.3 is 22.1 Å². The Kier molecular flexibility index (Phi) is 6.96. The predicted octanol–water partition coefficient (Wildman–Crippen LogP) is -1.53. The van der Waals surface area contributed by atoms with Crippen molar-refractivity contribution in [2.75, 3.05) is 6.54 Å². The molecule has 0 aromatic carbocycles. The van der Waals surface area contributed by atoms with Crippen LogP contribution in [0.4, 0.5) is 0 Å². The lowest BCUT2D eigenvalue weighted by Crippen LogP contribution is -2.54. The molecule has 7 nitrogen and oxygen atoms in total. The van der Waals surface area contributed by atoms with Gasteiger partial charge in [-0.1, -0.05) is 20.3 Å². The van der Waals surface area contributed by atoms with Crippen LogP contribution < -0.4 is 22.1 Å². The number of hydrogen-bond donors (Lipinski definition) is 4. The monoisotopic (exact) mass is 258 g/mol. The van der Waals surface area contributed by atoms with E-state index >= 15 is 0 Å². The molecule has 3 amide bonds. The van der Waals surface area contributed by atoms with E-state index in [0.29, 0.717) is 6.42 Å². The highest BCUT2D eigenvalue weighted by Crippen LogP contribution is 2.07. The van der Waals surface area contributed by atoms with Crippen molar-refractivity contribution in [1.82, 2.24) is 10.6 Å².